The quantitative estimate of drug-likeness (QED) is 0.918. The predicted octanol–water partition coefficient (Wildman–Crippen LogP) is 2.21. The SMILES string of the molecule is O=C(O)C1CC(F)CN(Cc2c(F)cccc2F)C1. The number of nitrogens with zero attached hydrogens (tertiary/aromatic N) is 1. The van der Waals surface area contributed by atoms with Crippen molar-refractivity contribution in [3.8, 4) is 0 Å². The lowest BCUT2D eigenvalue weighted by Gasteiger charge is -2.32. The second-order valence-corrected chi connectivity index (χ2v) is 4.76. The number of halogens is 3. The van der Waals surface area contributed by atoms with Crippen molar-refractivity contribution in [1.82, 2.24) is 4.90 Å². The Morgan fingerprint density at radius 3 is 2.53 bits per heavy atom. The molecule has 1 aromatic carbocycles. The van der Waals surface area contributed by atoms with Gasteiger partial charge in [0.25, 0.3) is 0 Å². The number of carboxylic acids is 1. The van der Waals surface area contributed by atoms with Crippen LogP contribution < -0.4 is 0 Å². The highest BCUT2D eigenvalue weighted by Gasteiger charge is 2.32. The highest BCUT2D eigenvalue weighted by atomic mass is 19.1. The Labute approximate surface area is 108 Å². The molecule has 1 fully saturated rings. The number of hydrogen-bond acceptors (Lipinski definition) is 2. The average molecular weight is 273 g/mol. The van der Waals surface area contributed by atoms with Gasteiger partial charge in [-0.1, -0.05) is 6.07 Å². The monoisotopic (exact) mass is 273 g/mol. The van der Waals surface area contributed by atoms with Gasteiger partial charge in [0.2, 0.25) is 0 Å². The van der Waals surface area contributed by atoms with Crippen molar-refractivity contribution < 1.29 is 23.1 Å². The number of rotatable bonds is 3. The van der Waals surface area contributed by atoms with Crippen LogP contribution in [0.3, 0.4) is 0 Å². The van der Waals surface area contributed by atoms with Gasteiger partial charge >= 0.3 is 5.97 Å². The Bertz CT molecular complexity index is 461. The molecule has 0 aliphatic carbocycles. The van der Waals surface area contributed by atoms with Gasteiger partial charge in [-0.3, -0.25) is 9.69 Å². The first kappa shape index (κ1) is 13.9. The molecule has 0 bridgehead atoms. The molecule has 0 spiro atoms. The molecule has 0 amide bonds. The number of alkyl halides is 1. The number of aliphatic carboxylic acids is 1. The molecule has 2 rings (SSSR count). The van der Waals surface area contributed by atoms with Crippen molar-refractivity contribution in [2.75, 3.05) is 13.1 Å². The highest BCUT2D eigenvalue weighted by molar-refractivity contribution is 5.70. The van der Waals surface area contributed by atoms with Gasteiger partial charge in [0.1, 0.15) is 17.8 Å². The van der Waals surface area contributed by atoms with E-state index in [0.29, 0.717) is 0 Å². The zero-order chi connectivity index (χ0) is 14.0. The van der Waals surface area contributed by atoms with Gasteiger partial charge in [-0.05, 0) is 18.6 Å². The van der Waals surface area contributed by atoms with Crippen LogP contribution in [0.5, 0.6) is 0 Å². The van der Waals surface area contributed by atoms with Gasteiger partial charge in [0.15, 0.2) is 0 Å². The summed E-state index contributed by atoms with van der Waals surface area (Å²) >= 11 is 0. The lowest BCUT2D eigenvalue weighted by molar-refractivity contribution is -0.144. The minimum Gasteiger partial charge on any atom is -0.481 e. The second-order valence-electron chi connectivity index (χ2n) is 4.76. The van der Waals surface area contributed by atoms with Gasteiger partial charge in [0.05, 0.1) is 5.92 Å². The molecule has 0 saturated carbocycles. The summed E-state index contributed by atoms with van der Waals surface area (Å²) in [5.74, 6) is -3.32. The number of benzene rings is 1. The van der Waals surface area contributed by atoms with Crippen LogP contribution in [0.25, 0.3) is 0 Å². The fourth-order valence-electron chi connectivity index (χ4n) is 2.34. The molecule has 6 heteroatoms. The van der Waals surface area contributed by atoms with Crippen LogP contribution in [-0.2, 0) is 11.3 Å². The van der Waals surface area contributed by atoms with Crippen LogP contribution in [0.1, 0.15) is 12.0 Å². The van der Waals surface area contributed by atoms with E-state index in [-0.39, 0.29) is 31.6 Å². The van der Waals surface area contributed by atoms with Gasteiger partial charge in [-0.2, -0.15) is 0 Å². The van der Waals surface area contributed by atoms with Crippen molar-refractivity contribution >= 4 is 5.97 Å². The lowest BCUT2D eigenvalue weighted by Crippen LogP contribution is -2.43. The van der Waals surface area contributed by atoms with E-state index in [0.717, 1.165) is 12.1 Å². The largest absolute Gasteiger partial charge is 0.481 e. The van der Waals surface area contributed by atoms with Crippen LogP contribution in [0.2, 0.25) is 0 Å². The van der Waals surface area contributed by atoms with E-state index in [2.05, 4.69) is 0 Å². The van der Waals surface area contributed by atoms with Crippen molar-refractivity contribution in [3.05, 3.63) is 35.4 Å². The van der Waals surface area contributed by atoms with E-state index in [1.165, 1.54) is 11.0 Å². The number of piperidine rings is 1. The summed E-state index contributed by atoms with van der Waals surface area (Å²) in [6.45, 7) is -0.0240. The van der Waals surface area contributed by atoms with Crippen LogP contribution >= 0.6 is 0 Å². The molecule has 1 heterocycles. The lowest BCUT2D eigenvalue weighted by atomic mass is 9.96. The normalized spacial score (nSPS) is 24.4. The zero-order valence-corrected chi connectivity index (χ0v) is 10.2. The standard InChI is InChI=1S/C13H14F3NO2/c14-9-4-8(13(18)19)5-17(6-9)7-10-11(15)2-1-3-12(10)16/h1-3,8-9H,4-7H2,(H,18,19). The van der Waals surface area contributed by atoms with Crippen molar-refractivity contribution in [3.63, 3.8) is 0 Å². The molecule has 0 aromatic heterocycles. The van der Waals surface area contributed by atoms with Crippen molar-refractivity contribution in [1.29, 1.82) is 0 Å². The van der Waals surface area contributed by atoms with E-state index < -0.39 is 29.7 Å². The summed E-state index contributed by atoms with van der Waals surface area (Å²) in [4.78, 5) is 12.3. The minimum atomic E-state index is -1.29. The summed E-state index contributed by atoms with van der Waals surface area (Å²) in [5.41, 5.74) is -0.152. The molecule has 104 valence electrons. The first-order valence-electron chi connectivity index (χ1n) is 5.99. The van der Waals surface area contributed by atoms with Gasteiger partial charge < -0.3 is 5.11 Å². The van der Waals surface area contributed by atoms with E-state index in [1.54, 1.807) is 0 Å². The first-order chi connectivity index (χ1) is 8.97. The van der Waals surface area contributed by atoms with E-state index in [1.807, 2.05) is 0 Å². The summed E-state index contributed by atoms with van der Waals surface area (Å²) in [5, 5.41) is 8.91. The molecule has 1 saturated heterocycles. The van der Waals surface area contributed by atoms with Crippen LogP contribution in [-0.4, -0.2) is 35.2 Å². The predicted molar refractivity (Wildman–Crippen MR) is 62.3 cm³/mol. The molecule has 1 aliphatic rings. The molecule has 1 aromatic rings. The Kier molecular flexibility index (Phi) is 4.09. The first-order valence-corrected chi connectivity index (χ1v) is 5.99. The highest BCUT2D eigenvalue weighted by Crippen LogP contribution is 2.23. The molecule has 2 unspecified atom stereocenters. The Morgan fingerprint density at radius 1 is 1.32 bits per heavy atom. The van der Waals surface area contributed by atoms with Gasteiger partial charge in [-0.25, -0.2) is 13.2 Å². The molecular weight excluding hydrogens is 259 g/mol. The average Bonchev–Trinajstić information content (AvgIpc) is 2.33. The van der Waals surface area contributed by atoms with Crippen LogP contribution in [0.15, 0.2) is 18.2 Å². The summed E-state index contributed by atoms with van der Waals surface area (Å²) in [7, 11) is 0. The van der Waals surface area contributed by atoms with E-state index in [9.17, 15) is 18.0 Å². The Morgan fingerprint density at radius 2 is 1.95 bits per heavy atom. The zero-order valence-electron chi connectivity index (χ0n) is 10.2. The number of hydrogen-bond donors (Lipinski definition) is 1. The topological polar surface area (TPSA) is 40.5 Å². The summed E-state index contributed by atoms with van der Waals surface area (Å²) in [6, 6.07) is 3.51. The van der Waals surface area contributed by atoms with Gasteiger partial charge in [-0.15, -0.1) is 0 Å². The van der Waals surface area contributed by atoms with Crippen LogP contribution in [0, 0.1) is 17.6 Å². The maximum absolute atomic E-state index is 13.5. The number of likely N-dealkylation sites (tertiary alicyclic amines) is 1. The smallest absolute Gasteiger partial charge is 0.307 e. The summed E-state index contributed by atoms with van der Waals surface area (Å²) in [6.07, 6.45) is -1.34. The molecule has 0 radical (unpaired) electrons. The minimum absolute atomic E-state index is 0.00243. The molecule has 2 atom stereocenters. The molecule has 19 heavy (non-hydrogen) atoms. The van der Waals surface area contributed by atoms with Crippen molar-refractivity contribution in [2.24, 2.45) is 5.92 Å². The Balaban J connectivity index is 2.12. The van der Waals surface area contributed by atoms with Gasteiger partial charge in [0, 0.05) is 25.2 Å². The van der Waals surface area contributed by atoms with E-state index in [4.69, 9.17) is 5.11 Å². The molecule has 1 N–H and O–H groups in total. The third-order valence-corrected chi connectivity index (χ3v) is 3.27. The maximum Gasteiger partial charge on any atom is 0.307 e. The number of carboxylic acid groups (broad SMARTS) is 1. The van der Waals surface area contributed by atoms with Crippen LogP contribution in [0.4, 0.5) is 13.2 Å². The van der Waals surface area contributed by atoms with E-state index >= 15 is 0 Å². The third kappa shape index (κ3) is 3.26. The maximum atomic E-state index is 13.5. The second kappa shape index (κ2) is 5.61. The fraction of sp³-hybridized carbons (Fsp3) is 0.462. The fourth-order valence-corrected chi connectivity index (χ4v) is 2.34. The number of carbonyl (C=O) groups is 1. The summed E-state index contributed by atoms with van der Waals surface area (Å²) < 4.78 is 40.4. The molecule has 1 aliphatic heterocycles. The van der Waals surface area contributed by atoms with Crippen molar-refractivity contribution in [2.45, 2.75) is 19.1 Å². The molecule has 3 nitrogen and oxygen atoms in total. The third-order valence-electron chi connectivity index (χ3n) is 3.27. The Hall–Kier alpha value is -1.56. The molecular formula is C13H14F3NO2.